The first-order valence-corrected chi connectivity index (χ1v) is 12.2. The van der Waals surface area contributed by atoms with Crippen molar-refractivity contribution in [1.82, 2.24) is 9.80 Å². The Morgan fingerprint density at radius 2 is 1.84 bits per heavy atom. The molecule has 0 spiro atoms. The van der Waals surface area contributed by atoms with Gasteiger partial charge in [-0.05, 0) is 61.5 Å². The lowest BCUT2D eigenvalue weighted by Crippen LogP contribution is -2.66. The lowest BCUT2D eigenvalue weighted by Gasteiger charge is -2.47. The predicted octanol–water partition coefficient (Wildman–Crippen LogP) is 4.29. The molecule has 7 nitrogen and oxygen atoms in total. The molecule has 2 aliphatic rings. The first-order valence-electron chi connectivity index (χ1n) is 10.6. The van der Waals surface area contributed by atoms with Crippen LogP contribution in [0.2, 0.25) is 0 Å². The van der Waals surface area contributed by atoms with E-state index < -0.39 is 5.54 Å². The SMILES string of the molecule is COc1c(Br)cc(C[C@@]2([N+](=O)[O-])CC[C@H]3CN(Cc4ccccc4)CCN3C2=O)cc1Br. The average molecular weight is 567 g/mol. The molecule has 1 amide bonds. The number of fused-ring (bicyclic) bond motifs is 1. The fraction of sp³-hybridized carbons (Fsp3) is 0.435. The van der Waals surface area contributed by atoms with Gasteiger partial charge in [-0.1, -0.05) is 30.3 Å². The maximum absolute atomic E-state index is 13.5. The average Bonchev–Trinajstić information content (AvgIpc) is 2.76. The highest BCUT2D eigenvalue weighted by atomic mass is 79.9. The Bertz CT molecular complexity index is 997. The third kappa shape index (κ3) is 4.43. The smallest absolute Gasteiger partial charge is 0.302 e. The van der Waals surface area contributed by atoms with Crippen molar-refractivity contribution in [3.05, 3.63) is 72.7 Å². The van der Waals surface area contributed by atoms with E-state index in [1.165, 1.54) is 5.56 Å². The molecule has 0 aliphatic carbocycles. The van der Waals surface area contributed by atoms with Gasteiger partial charge in [0, 0.05) is 43.6 Å². The molecule has 2 heterocycles. The molecule has 0 unspecified atom stereocenters. The van der Waals surface area contributed by atoms with Crippen LogP contribution in [0.25, 0.3) is 0 Å². The third-order valence-corrected chi connectivity index (χ3v) is 7.65. The molecule has 2 atom stereocenters. The molecule has 4 rings (SSSR count). The quantitative estimate of drug-likeness (QED) is 0.385. The van der Waals surface area contributed by atoms with E-state index in [4.69, 9.17) is 4.74 Å². The summed E-state index contributed by atoms with van der Waals surface area (Å²) in [5.41, 5.74) is 0.320. The molecule has 2 fully saturated rings. The normalized spacial score (nSPS) is 23.7. The fourth-order valence-electron chi connectivity index (χ4n) is 4.84. The van der Waals surface area contributed by atoms with Crippen LogP contribution in [0.15, 0.2) is 51.4 Å². The highest BCUT2D eigenvalue weighted by molar-refractivity contribution is 9.11. The Morgan fingerprint density at radius 3 is 2.47 bits per heavy atom. The van der Waals surface area contributed by atoms with Crippen LogP contribution in [-0.2, 0) is 17.8 Å². The van der Waals surface area contributed by atoms with E-state index in [9.17, 15) is 14.9 Å². The van der Waals surface area contributed by atoms with Crippen LogP contribution in [-0.4, -0.2) is 59.0 Å². The number of rotatable bonds is 6. The Kier molecular flexibility index (Phi) is 6.88. The number of methoxy groups -OCH3 is 1. The number of carbonyl (C=O) groups excluding carboxylic acids is 1. The van der Waals surface area contributed by atoms with Crippen LogP contribution < -0.4 is 4.74 Å². The van der Waals surface area contributed by atoms with E-state index in [-0.39, 0.29) is 29.7 Å². The van der Waals surface area contributed by atoms with E-state index in [1.807, 2.05) is 18.2 Å². The lowest BCUT2D eigenvalue weighted by molar-refractivity contribution is -0.557. The minimum absolute atomic E-state index is 0.0161. The summed E-state index contributed by atoms with van der Waals surface area (Å²) in [7, 11) is 1.56. The summed E-state index contributed by atoms with van der Waals surface area (Å²) in [6.45, 7) is 2.80. The molecular weight excluding hydrogens is 542 g/mol. The highest BCUT2D eigenvalue weighted by Gasteiger charge is 2.57. The molecule has 0 bridgehead atoms. The first kappa shape index (κ1) is 23.2. The van der Waals surface area contributed by atoms with Crippen LogP contribution in [0.3, 0.4) is 0 Å². The van der Waals surface area contributed by atoms with Gasteiger partial charge in [-0.2, -0.15) is 0 Å². The molecule has 2 aromatic rings. The predicted molar refractivity (Wildman–Crippen MR) is 128 cm³/mol. The highest BCUT2D eigenvalue weighted by Crippen LogP contribution is 2.39. The van der Waals surface area contributed by atoms with Gasteiger partial charge < -0.3 is 9.64 Å². The largest absolute Gasteiger partial charge is 0.494 e. The standard InChI is InChI=1S/C23H25Br2N3O4/c1-32-21-19(24)11-17(12-20(21)25)13-23(28(30)31)8-7-18-15-26(9-10-27(18)22(23)29)14-16-5-3-2-4-6-16/h2-6,11-12,18H,7-10,13-15H2,1H3/t18-,23-/m0/s1. The zero-order valence-electron chi connectivity index (χ0n) is 17.8. The lowest BCUT2D eigenvalue weighted by atomic mass is 9.79. The molecule has 0 N–H and O–H groups in total. The number of hydrogen-bond acceptors (Lipinski definition) is 5. The third-order valence-electron chi connectivity index (χ3n) is 6.47. The van der Waals surface area contributed by atoms with E-state index in [0.717, 1.165) is 18.7 Å². The fourth-order valence-corrected chi connectivity index (χ4v) is 6.45. The zero-order chi connectivity index (χ0) is 22.9. The number of benzene rings is 2. The van der Waals surface area contributed by atoms with E-state index >= 15 is 0 Å². The van der Waals surface area contributed by atoms with Crippen LogP contribution in [0, 0.1) is 10.1 Å². The topological polar surface area (TPSA) is 75.9 Å². The molecule has 0 radical (unpaired) electrons. The summed E-state index contributed by atoms with van der Waals surface area (Å²) in [6.07, 6.45) is 0.911. The van der Waals surface area contributed by atoms with E-state index in [1.54, 1.807) is 24.1 Å². The van der Waals surface area contributed by atoms with Crippen molar-refractivity contribution in [2.75, 3.05) is 26.7 Å². The Morgan fingerprint density at radius 1 is 1.16 bits per heavy atom. The minimum Gasteiger partial charge on any atom is -0.494 e. The van der Waals surface area contributed by atoms with Crippen molar-refractivity contribution in [2.24, 2.45) is 0 Å². The number of amides is 1. The zero-order valence-corrected chi connectivity index (χ0v) is 21.0. The summed E-state index contributed by atoms with van der Waals surface area (Å²) in [6, 6.07) is 13.9. The second-order valence-electron chi connectivity index (χ2n) is 8.47. The number of nitro groups is 1. The number of nitrogens with zero attached hydrogens (tertiary/aromatic N) is 3. The molecular formula is C23H25Br2N3O4. The van der Waals surface area contributed by atoms with Gasteiger partial charge in [-0.3, -0.25) is 19.8 Å². The maximum atomic E-state index is 13.5. The van der Waals surface area contributed by atoms with Crippen molar-refractivity contribution in [2.45, 2.75) is 37.4 Å². The Balaban J connectivity index is 1.52. The molecule has 9 heteroatoms. The summed E-state index contributed by atoms with van der Waals surface area (Å²) in [5, 5.41) is 12.3. The molecule has 170 valence electrons. The van der Waals surface area contributed by atoms with Gasteiger partial charge in [0.05, 0.1) is 22.5 Å². The summed E-state index contributed by atoms with van der Waals surface area (Å²) >= 11 is 6.91. The van der Waals surface area contributed by atoms with Gasteiger partial charge in [-0.25, -0.2) is 0 Å². The van der Waals surface area contributed by atoms with E-state index in [0.29, 0.717) is 34.2 Å². The van der Waals surface area contributed by atoms with Gasteiger partial charge in [0.1, 0.15) is 5.75 Å². The van der Waals surface area contributed by atoms with Crippen LogP contribution in [0.5, 0.6) is 5.75 Å². The number of hydrogen-bond donors (Lipinski definition) is 0. The monoisotopic (exact) mass is 565 g/mol. The van der Waals surface area contributed by atoms with Gasteiger partial charge >= 0.3 is 11.4 Å². The molecule has 32 heavy (non-hydrogen) atoms. The van der Waals surface area contributed by atoms with Crippen LogP contribution >= 0.6 is 31.9 Å². The summed E-state index contributed by atoms with van der Waals surface area (Å²) in [4.78, 5) is 29.5. The number of piperazine rings is 1. The molecule has 2 aromatic carbocycles. The Hall–Kier alpha value is -1.97. The van der Waals surface area contributed by atoms with Gasteiger partial charge in [-0.15, -0.1) is 0 Å². The van der Waals surface area contributed by atoms with Crippen molar-refractivity contribution < 1.29 is 14.5 Å². The van der Waals surface area contributed by atoms with Crippen LogP contribution in [0.1, 0.15) is 24.0 Å². The molecule has 2 saturated heterocycles. The minimum atomic E-state index is -1.63. The van der Waals surface area contributed by atoms with Crippen LogP contribution in [0.4, 0.5) is 0 Å². The second-order valence-corrected chi connectivity index (χ2v) is 10.2. The van der Waals surface area contributed by atoms with Crippen molar-refractivity contribution >= 4 is 37.8 Å². The van der Waals surface area contributed by atoms with Gasteiger partial charge in [0.2, 0.25) is 0 Å². The van der Waals surface area contributed by atoms with Gasteiger partial charge in [0.15, 0.2) is 0 Å². The summed E-state index contributed by atoms with van der Waals surface area (Å²) in [5.74, 6) is 0.259. The molecule has 0 aromatic heterocycles. The maximum Gasteiger partial charge on any atom is 0.302 e. The number of ether oxygens (including phenoxy) is 1. The van der Waals surface area contributed by atoms with Crippen molar-refractivity contribution in [1.29, 1.82) is 0 Å². The number of halogens is 2. The second kappa shape index (κ2) is 9.49. The molecule has 0 saturated carbocycles. The summed E-state index contributed by atoms with van der Waals surface area (Å²) < 4.78 is 6.72. The van der Waals surface area contributed by atoms with Crippen molar-refractivity contribution in [3.63, 3.8) is 0 Å². The number of carbonyl (C=O) groups is 1. The van der Waals surface area contributed by atoms with E-state index in [2.05, 4.69) is 48.9 Å². The Labute approximate surface area is 204 Å². The van der Waals surface area contributed by atoms with Gasteiger partial charge in [0.25, 0.3) is 0 Å². The van der Waals surface area contributed by atoms with Crippen molar-refractivity contribution in [3.8, 4) is 5.75 Å². The molecule has 2 aliphatic heterocycles. The first-order chi connectivity index (χ1) is 15.3. The number of piperidine rings is 1.